The van der Waals surface area contributed by atoms with Crippen molar-refractivity contribution in [3.8, 4) is 0 Å². The first-order valence-electron chi connectivity index (χ1n) is 7.43. The lowest BCUT2D eigenvalue weighted by Gasteiger charge is -2.06. The average molecular weight is 356 g/mol. The Morgan fingerprint density at radius 3 is 2.44 bits per heavy atom. The van der Waals surface area contributed by atoms with E-state index in [0.29, 0.717) is 11.4 Å². The van der Waals surface area contributed by atoms with E-state index in [-0.39, 0.29) is 10.7 Å². The summed E-state index contributed by atoms with van der Waals surface area (Å²) in [5, 5.41) is 7.73. The Hall–Kier alpha value is -3.13. The lowest BCUT2D eigenvalue weighted by atomic mass is 10.2. The van der Waals surface area contributed by atoms with Crippen molar-refractivity contribution < 1.29 is 12.9 Å². The van der Waals surface area contributed by atoms with Crippen LogP contribution in [0.5, 0.6) is 0 Å². The van der Waals surface area contributed by atoms with Gasteiger partial charge in [-0.15, -0.1) is 0 Å². The molecule has 0 spiro atoms. The third-order valence-electron chi connectivity index (χ3n) is 3.24. The highest BCUT2D eigenvalue weighted by molar-refractivity contribution is 7.92. The molecule has 0 radical (unpaired) electrons. The van der Waals surface area contributed by atoms with Gasteiger partial charge < -0.3 is 4.52 Å². The van der Waals surface area contributed by atoms with E-state index >= 15 is 0 Å². The maximum Gasteiger partial charge on any atom is 0.263 e. The molecule has 0 saturated heterocycles. The fourth-order valence-corrected chi connectivity index (χ4v) is 3.02. The summed E-state index contributed by atoms with van der Waals surface area (Å²) in [5.74, 6) is 0.667. The van der Waals surface area contributed by atoms with Gasteiger partial charge >= 0.3 is 0 Å². The molecule has 0 unspecified atom stereocenters. The van der Waals surface area contributed by atoms with Gasteiger partial charge in [0.2, 0.25) is 0 Å². The van der Waals surface area contributed by atoms with Gasteiger partial charge in [-0.1, -0.05) is 35.5 Å². The molecule has 3 aromatic rings. The molecule has 1 heterocycles. The van der Waals surface area contributed by atoms with Crippen LogP contribution in [0.1, 0.15) is 11.3 Å². The SMILES string of the molecule is Cc1cc(NS(=O)(=O)c2ccc(N/N=C/c3ccccc3)cc2)no1. The van der Waals surface area contributed by atoms with Gasteiger partial charge in [-0.05, 0) is 36.8 Å². The van der Waals surface area contributed by atoms with Gasteiger partial charge in [0.15, 0.2) is 5.82 Å². The van der Waals surface area contributed by atoms with Gasteiger partial charge in [0.05, 0.1) is 16.8 Å². The van der Waals surface area contributed by atoms with Crippen LogP contribution in [0.3, 0.4) is 0 Å². The normalized spacial score (nSPS) is 11.6. The minimum Gasteiger partial charge on any atom is -0.360 e. The minimum atomic E-state index is -3.72. The van der Waals surface area contributed by atoms with Crippen LogP contribution >= 0.6 is 0 Å². The van der Waals surface area contributed by atoms with Crippen molar-refractivity contribution in [3.05, 3.63) is 72.0 Å². The molecular weight excluding hydrogens is 340 g/mol. The van der Waals surface area contributed by atoms with Crippen LogP contribution in [-0.2, 0) is 10.0 Å². The number of sulfonamides is 1. The highest BCUT2D eigenvalue weighted by atomic mass is 32.2. The van der Waals surface area contributed by atoms with Crippen LogP contribution in [0.15, 0.2) is 75.2 Å². The largest absolute Gasteiger partial charge is 0.360 e. The lowest BCUT2D eigenvalue weighted by Crippen LogP contribution is -2.13. The molecule has 0 aliphatic heterocycles. The zero-order valence-corrected chi connectivity index (χ0v) is 14.2. The van der Waals surface area contributed by atoms with Crippen LogP contribution in [0.2, 0.25) is 0 Å². The van der Waals surface area contributed by atoms with Crippen molar-refractivity contribution in [1.82, 2.24) is 5.16 Å². The number of anilines is 2. The van der Waals surface area contributed by atoms with E-state index < -0.39 is 10.0 Å². The molecule has 0 saturated carbocycles. The zero-order valence-electron chi connectivity index (χ0n) is 13.4. The first-order valence-corrected chi connectivity index (χ1v) is 8.91. The van der Waals surface area contributed by atoms with E-state index in [1.165, 1.54) is 18.2 Å². The Kier molecular flexibility index (Phi) is 4.80. The Morgan fingerprint density at radius 2 is 1.80 bits per heavy atom. The van der Waals surface area contributed by atoms with Crippen LogP contribution in [0, 0.1) is 6.92 Å². The molecule has 0 aliphatic rings. The van der Waals surface area contributed by atoms with E-state index in [0.717, 1.165) is 5.56 Å². The smallest absolute Gasteiger partial charge is 0.263 e. The summed E-state index contributed by atoms with van der Waals surface area (Å²) in [6.45, 7) is 1.68. The molecule has 2 aromatic carbocycles. The van der Waals surface area contributed by atoms with Crippen molar-refractivity contribution in [3.63, 3.8) is 0 Å². The number of hydrogen-bond donors (Lipinski definition) is 2. The summed E-state index contributed by atoms with van der Waals surface area (Å²) >= 11 is 0. The lowest BCUT2D eigenvalue weighted by molar-refractivity contribution is 0.400. The quantitative estimate of drug-likeness (QED) is 0.522. The molecule has 8 heteroatoms. The first-order chi connectivity index (χ1) is 12.0. The fraction of sp³-hybridized carbons (Fsp3) is 0.0588. The Morgan fingerprint density at radius 1 is 1.08 bits per heavy atom. The first kappa shape index (κ1) is 16.7. The second-order valence-electron chi connectivity index (χ2n) is 5.23. The van der Waals surface area contributed by atoms with Crippen molar-refractivity contribution in [1.29, 1.82) is 0 Å². The topological polar surface area (TPSA) is 96.6 Å². The highest BCUT2D eigenvalue weighted by Gasteiger charge is 2.15. The molecule has 0 aliphatic carbocycles. The molecule has 3 rings (SSSR count). The molecule has 2 N–H and O–H groups in total. The van der Waals surface area contributed by atoms with Crippen LogP contribution in [-0.4, -0.2) is 19.8 Å². The molecule has 7 nitrogen and oxygen atoms in total. The van der Waals surface area contributed by atoms with E-state index in [2.05, 4.69) is 20.4 Å². The number of aromatic nitrogens is 1. The van der Waals surface area contributed by atoms with Crippen molar-refractivity contribution in [2.75, 3.05) is 10.1 Å². The number of aryl methyl sites for hydroxylation is 1. The minimum absolute atomic E-state index is 0.116. The molecule has 0 amide bonds. The Bertz CT molecular complexity index is 965. The Balaban J connectivity index is 1.66. The summed E-state index contributed by atoms with van der Waals surface area (Å²) in [6, 6.07) is 17.4. The summed E-state index contributed by atoms with van der Waals surface area (Å²) in [7, 11) is -3.72. The summed E-state index contributed by atoms with van der Waals surface area (Å²) in [5.41, 5.74) is 4.48. The van der Waals surface area contributed by atoms with E-state index in [4.69, 9.17) is 4.52 Å². The van der Waals surface area contributed by atoms with Gasteiger partial charge in [0.1, 0.15) is 5.76 Å². The summed E-state index contributed by atoms with van der Waals surface area (Å²) < 4.78 is 31.8. The second-order valence-corrected chi connectivity index (χ2v) is 6.92. The van der Waals surface area contributed by atoms with Crippen molar-refractivity contribution >= 4 is 27.7 Å². The van der Waals surface area contributed by atoms with Gasteiger partial charge in [-0.2, -0.15) is 5.10 Å². The molecule has 1 aromatic heterocycles. The van der Waals surface area contributed by atoms with Crippen LogP contribution in [0.25, 0.3) is 0 Å². The Labute approximate surface area is 145 Å². The standard InChI is InChI=1S/C17H16N4O3S/c1-13-11-17(20-24-13)21-25(22,23)16-9-7-15(8-10-16)19-18-12-14-5-3-2-4-6-14/h2-12,19H,1H3,(H,20,21)/b18-12+. The molecule has 25 heavy (non-hydrogen) atoms. The maximum atomic E-state index is 12.3. The second kappa shape index (κ2) is 7.18. The molecule has 128 valence electrons. The third kappa shape index (κ3) is 4.45. The predicted molar refractivity (Wildman–Crippen MR) is 96.1 cm³/mol. The van der Waals surface area contributed by atoms with E-state index in [1.807, 2.05) is 30.3 Å². The molecular formula is C17H16N4O3S. The van der Waals surface area contributed by atoms with E-state index in [9.17, 15) is 8.42 Å². The summed E-state index contributed by atoms with van der Waals surface area (Å²) in [6.07, 6.45) is 1.68. The third-order valence-corrected chi connectivity index (χ3v) is 4.61. The van der Waals surface area contributed by atoms with Crippen molar-refractivity contribution in [2.24, 2.45) is 5.10 Å². The summed E-state index contributed by atoms with van der Waals surface area (Å²) in [4.78, 5) is 0.116. The number of nitrogens with one attached hydrogen (secondary N) is 2. The van der Waals surface area contributed by atoms with Gasteiger partial charge in [0.25, 0.3) is 10.0 Å². The number of nitrogens with zero attached hydrogens (tertiary/aromatic N) is 2. The fourth-order valence-electron chi connectivity index (χ4n) is 2.04. The average Bonchev–Trinajstić information content (AvgIpc) is 3.00. The van der Waals surface area contributed by atoms with Crippen LogP contribution in [0.4, 0.5) is 11.5 Å². The van der Waals surface area contributed by atoms with Gasteiger partial charge in [0, 0.05) is 6.07 Å². The number of rotatable bonds is 6. The predicted octanol–water partition coefficient (Wildman–Crippen LogP) is 3.23. The van der Waals surface area contributed by atoms with Crippen molar-refractivity contribution in [2.45, 2.75) is 11.8 Å². The monoisotopic (exact) mass is 356 g/mol. The highest BCUT2D eigenvalue weighted by Crippen LogP contribution is 2.18. The zero-order chi connectivity index (χ0) is 17.7. The van der Waals surface area contributed by atoms with Gasteiger partial charge in [-0.3, -0.25) is 10.1 Å². The number of hydrazone groups is 1. The number of hydrogen-bond acceptors (Lipinski definition) is 6. The molecule has 0 fully saturated rings. The molecule has 0 bridgehead atoms. The van der Waals surface area contributed by atoms with Gasteiger partial charge in [-0.25, -0.2) is 8.42 Å². The van der Waals surface area contributed by atoms with E-state index in [1.54, 1.807) is 25.3 Å². The molecule has 0 atom stereocenters. The number of benzene rings is 2. The van der Waals surface area contributed by atoms with Crippen LogP contribution < -0.4 is 10.1 Å². The maximum absolute atomic E-state index is 12.3.